The van der Waals surface area contributed by atoms with Crippen molar-refractivity contribution in [3.05, 3.63) is 29.8 Å². The molecule has 0 aliphatic heterocycles. The summed E-state index contributed by atoms with van der Waals surface area (Å²) in [7, 11) is 3.91. The Labute approximate surface area is 124 Å². The van der Waals surface area contributed by atoms with Gasteiger partial charge in [-0.3, -0.25) is 0 Å². The van der Waals surface area contributed by atoms with Crippen molar-refractivity contribution in [1.82, 2.24) is 5.32 Å². The molecule has 0 bridgehead atoms. The maximum Gasteiger partial charge on any atom is 0.0587 e. The number of methoxy groups -OCH3 is 1. The lowest BCUT2D eigenvalue weighted by atomic mass is 10.0. The number of ether oxygens (including phenoxy) is 1. The lowest BCUT2D eigenvalue weighted by molar-refractivity contribution is 0.199. The zero-order valence-corrected chi connectivity index (χ0v) is 13.6. The summed E-state index contributed by atoms with van der Waals surface area (Å²) < 4.78 is 5.02. The second kappa shape index (κ2) is 8.98. The third kappa shape index (κ3) is 5.93. The Hall–Kier alpha value is -1.06. The third-order valence-electron chi connectivity index (χ3n) is 3.63. The molecule has 1 N–H and O–H groups in total. The largest absolute Gasteiger partial charge is 0.383 e. The summed E-state index contributed by atoms with van der Waals surface area (Å²) in [6.07, 6.45) is 1.22. The predicted octanol–water partition coefficient (Wildman–Crippen LogP) is 3.29. The standard InChI is InChI=1S/C17H30N2O/c1-14(2)12-15(3)19(4)17-8-6-16(7-9-17)13-18-10-11-20-5/h6-9,14-15,18H,10-13H2,1-5H3. The van der Waals surface area contributed by atoms with Gasteiger partial charge in [-0.1, -0.05) is 26.0 Å². The Balaban J connectivity index is 2.48. The molecule has 0 amide bonds. The average molecular weight is 278 g/mol. The lowest BCUT2D eigenvalue weighted by Gasteiger charge is -2.28. The maximum absolute atomic E-state index is 5.02. The first kappa shape index (κ1) is 17.0. The van der Waals surface area contributed by atoms with Gasteiger partial charge in [0, 0.05) is 39.0 Å². The molecule has 1 unspecified atom stereocenters. The minimum absolute atomic E-state index is 0.570. The highest BCUT2D eigenvalue weighted by Crippen LogP contribution is 2.19. The van der Waals surface area contributed by atoms with Crippen LogP contribution in [0.25, 0.3) is 0 Å². The molecule has 0 aliphatic carbocycles. The Kier molecular flexibility index (Phi) is 7.63. The normalized spacial score (nSPS) is 12.7. The molecule has 0 saturated heterocycles. The van der Waals surface area contributed by atoms with Crippen molar-refractivity contribution < 1.29 is 4.74 Å². The fourth-order valence-electron chi connectivity index (χ4n) is 2.35. The van der Waals surface area contributed by atoms with Gasteiger partial charge in [-0.2, -0.15) is 0 Å². The number of anilines is 1. The number of nitrogens with zero attached hydrogens (tertiary/aromatic N) is 1. The number of benzene rings is 1. The van der Waals surface area contributed by atoms with Crippen LogP contribution in [0.2, 0.25) is 0 Å². The minimum Gasteiger partial charge on any atom is -0.383 e. The summed E-state index contributed by atoms with van der Waals surface area (Å²) in [4.78, 5) is 2.36. The molecule has 1 aromatic rings. The topological polar surface area (TPSA) is 24.5 Å². The Bertz CT molecular complexity index is 362. The summed E-state index contributed by atoms with van der Waals surface area (Å²) >= 11 is 0. The van der Waals surface area contributed by atoms with E-state index in [0.717, 1.165) is 25.6 Å². The minimum atomic E-state index is 0.570. The molecule has 0 aliphatic rings. The molecule has 0 fully saturated rings. The lowest BCUT2D eigenvalue weighted by Crippen LogP contribution is -2.30. The Morgan fingerprint density at radius 1 is 1.15 bits per heavy atom. The summed E-state index contributed by atoms with van der Waals surface area (Å²) in [6, 6.07) is 9.40. The monoisotopic (exact) mass is 278 g/mol. The second-order valence-corrected chi connectivity index (χ2v) is 5.93. The molecule has 3 nitrogen and oxygen atoms in total. The first-order valence-electron chi connectivity index (χ1n) is 7.56. The van der Waals surface area contributed by atoms with Crippen LogP contribution in [0.3, 0.4) is 0 Å². The fourth-order valence-corrected chi connectivity index (χ4v) is 2.35. The molecule has 3 heteroatoms. The van der Waals surface area contributed by atoms with Crippen molar-refractivity contribution >= 4 is 5.69 Å². The van der Waals surface area contributed by atoms with Crippen molar-refractivity contribution in [1.29, 1.82) is 0 Å². The van der Waals surface area contributed by atoms with Gasteiger partial charge in [0.15, 0.2) is 0 Å². The molecule has 1 rings (SSSR count). The molecule has 114 valence electrons. The van der Waals surface area contributed by atoms with Crippen molar-refractivity contribution in [2.24, 2.45) is 5.92 Å². The van der Waals surface area contributed by atoms with E-state index < -0.39 is 0 Å². The van der Waals surface area contributed by atoms with Crippen molar-refractivity contribution in [3.8, 4) is 0 Å². The SMILES string of the molecule is COCCNCc1ccc(N(C)C(C)CC(C)C)cc1. The van der Waals surface area contributed by atoms with E-state index in [4.69, 9.17) is 4.74 Å². The zero-order chi connectivity index (χ0) is 15.0. The summed E-state index contributed by atoms with van der Waals surface area (Å²) in [5.41, 5.74) is 2.61. The van der Waals surface area contributed by atoms with E-state index in [9.17, 15) is 0 Å². The van der Waals surface area contributed by atoms with Crippen LogP contribution >= 0.6 is 0 Å². The maximum atomic E-state index is 5.02. The van der Waals surface area contributed by atoms with Crippen LogP contribution in [0, 0.1) is 5.92 Å². The molecule has 1 atom stereocenters. The van der Waals surface area contributed by atoms with Crippen LogP contribution in [0.15, 0.2) is 24.3 Å². The smallest absolute Gasteiger partial charge is 0.0587 e. The highest BCUT2D eigenvalue weighted by molar-refractivity contribution is 5.47. The number of rotatable bonds is 9. The third-order valence-corrected chi connectivity index (χ3v) is 3.63. The van der Waals surface area contributed by atoms with E-state index in [1.54, 1.807) is 7.11 Å². The summed E-state index contributed by atoms with van der Waals surface area (Å²) in [5.74, 6) is 0.733. The Morgan fingerprint density at radius 3 is 2.35 bits per heavy atom. The van der Waals surface area contributed by atoms with Gasteiger partial charge in [-0.15, -0.1) is 0 Å². The highest BCUT2D eigenvalue weighted by atomic mass is 16.5. The van der Waals surface area contributed by atoms with E-state index in [1.807, 2.05) is 0 Å². The molecule has 0 saturated carbocycles. The van der Waals surface area contributed by atoms with Crippen LogP contribution in [0.4, 0.5) is 5.69 Å². The molecule has 0 spiro atoms. The van der Waals surface area contributed by atoms with Gasteiger partial charge >= 0.3 is 0 Å². The first-order valence-corrected chi connectivity index (χ1v) is 7.56. The molecular weight excluding hydrogens is 248 g/mol. The molecule has 1 aromatic carbocycles. The Morgan fingerprint density at radius 2 is 1.80 bits per heavy atom. The van der Waals surface area contributed by atoms with Gasteiger partial charge in [-0.25, -0.2) is 0 Å². The van der Waals surface area contributed by atoms with Crippen molar-refractivity contribution in [3.63, 3.8) is 0 Å². The first-order chi connectivity index (χ1) is 9.54. The second-order valence-electron chi connectivity index (χ2n) is 5.93. The van der Waals surface area contributed by atoms with Gasteiger partial charge in [0.2, 0.25) is 0 Å². The van der Waals surface area contributed by atoms with E-state index in [-0.39, 0.29) is 0 Å². The number of hydrogen-bond acceptors (Lipinski definition) is 3. The molecule has 0 radical (unpaired) electrons. The van der Waals surface area contributed by atoms with Crippen LogP contribution in [-0.4, -0.2) is 33.4 Å². The van der Waals surface area contributed by atoms with Crippen LogP contribution in [-0.2, 0) is 11.3 Å². The molecule has 20 heavy (non-hydrogen) atoms. The van der Waals surface area contributed by atoms with E-state index in [2.05, 4.69) is 62.3 Å². The fraction of sp³-hybridized carbons (Fsp3) is 0.647. The molecular formula is C17H30N2O. The molecule has 0 aromatic heterocycles. The highest BCUT2D eigenvalue weighted by Gasteiger charge is 2.11. The van der Waals surface area contributed by atoms with Gasteiger partial charge in [0.1, 0.15) is 0 Å². The predicted molar refractivity (Wildman–Crippen MR) is 87.3 cm³/mol. The van der Waals surface area contributed by atoms with Gasteiger partial charge in [0.25, 0.3) is 0 Å². The van der Waals surface area contributed by atoms with E-state index in [0.29, 0.717) is 6.04 Å². The summed E-state index contributed by atoms with van der Waals surface area (Å²) in [6.45, 7) is 9.39. The van der Waals surface area contributed by atoms with Gasteiger partial charge in [0.05, 0.1) is 6.61 Å². The average Bonchev–Trinajstić information content (AvgIpc) is 2.43. The van der Waals surface area contributed by atoms with Gasteiger partial charge in [-0.05, 0) is 37.0 Å². The van der Waals surface area contributed by atoms with E-state index >= 15 is 0 Å². The van der Waals surface area contributed by atoms with Crippen LogP contribution in [0.1, 0.15) is 32.8 Å². The van der Waals surface area contributed by atoms with E-state index in [1.165, 1.54) is 17.7 Å². The number of hydrogen-bond donors (Lipinski definition) is 1. The number of nitrogens with one attached hydrogen (secondary N) is 1. The summed E-state index contributed by atoms with van der Waals surface area (Å²) in [5, 5.41) is 3.36. The van der Waals surface area contributed by atoms with Crippen LogP contribution in [0.5, 0.6) is 0 Å². The quantitative estimate of drug-likeness (QED) is 0.702. The van der Waals surface area contributed by atoms with Crippen molar-refractivity contribution in [2.45, 2.75) is 39.8 Å². The zero-order valence-electron chi connectivity index (χ0n) is 13.6. The molecule has 0 heterocycles. The van der Waals surface area contributed by atoms with Crippen LogP contribution < -0.4 is 10.2 Å². The van der Waals surface area contributed by atoms with Gasteiger partial charge < -0.3 is 15.0 Å². The van der Waals surface area contributed by atoms with Crippen molar-refractivity contribution in [2.75, 3.05) is 32.2 Å².